The molecule has 2 aliphatic carbocycles. The van der Waals surface area contributed by atoms with Crippen LogP contribution in [0.15, 0.2) is 4.52 Å². The molecule has 0 amide bonds. The molecule has 2 aliphatic rings. The summed E-state index contributed by atoms with van der Waals surface area (Å²) in [6.07, 6.45) is 8.54. The van der Waals surface area contributed by atoms with Crippen LogP contribution >= 0.6 is 0 Å². The zero-order valence-corrected chi connectivity index (χ0v) is 13.0. The quantitative estimate of drug-likeness (QED) is 0.931. The summed E-state index contributed by atoms with van der Waals surface area (Å²) in [7, 11) is 0. The highest BCUT2D eigenvalue weighted by molar-refractivity contribution is 5.68. The normalized spacial score (nSPS) is 18.3. The second-order valence-corrected chi connectivity index (χ2v) is 6.47. The molecule has 7 heteroatoms. The first-order valence-corrected chi connectivity index (χ1v) is 8.36. The molecule has 7 nitrogen and oxygen atoms in total. The maximum absolute atomic E-state index is 11.2. The van der Waals surface area contributed by atoms with E-state index in [9.17, 15) is 4.79 Å². The van der Waals surface area contributed by atoms with Crippen LogP contribution in [0.3, 0.4) is 0 Å². The van der Waals surface area contributed by atoms with Gasteiger partial charge in [-0.1, -0.05) is 18.0 Å². The minimum atomic E-state index is -0.925. The molecule has 23 heavy (non-hydrogen) atoms. The fourth-order valence-corrected chi connectivity index (χ4v) is 3.69. The number of carboxylic acid groups (broad SMARTS) is 1. The van der Waals surface area contributed by atoms with Gasteiger partial charge in [-0.3, -0.25) is 4.79 Å². The van der Waals surface area contributed by atoms with Crippen molar-refractivity contribution in [3.05, 3.63) is 17.1 Å². The van der Waals surface area contributed by atoms with E-state index in [0.717, 1.165) is 55.7 Å². The topological polar surface area (TPSA) is 94.0 Å². The van der Waals surface area contributed by atoms with Crippen LogP contribution in [0.1, 0.15) is 61.6 Å². The van der Waals surface area contributed by atoms with Gasteiger partial charge in [-0.2, -0.15) is 5.10 Å². The van der Waals surface area contributed by atoms with Crippen molar-refractivity contribution >= 4 is 5.97 Å². The molecule has 0 aromatic carbocycles. The Hall–Kier alpha value is -2.18. The van der Waals surface area contributed by atoms with E-state index in [1.807, 2.05) is 0 Å². The van der Waals surface area contributed by atoms with Gasteiger partial charge in [-0.05, 0) is 32.1 Å². The third kappa shape index (κ3) is 2.64. The number of aliphatic carboxylic acids is 1. The summed E-state index contributed by atoms with van der Waals surface area (Å²) >= 11 is 0. The number of fused-ring (bicyclic) bond motifs is 1. The molecule has 0 aliphatic heterocycles. The number of hydrogen-bond donors (Lipinski definition) is 1. The van der Waals surface area contributed by atoms with E-state index in [-0.39, 0.29) is 6.54 Å². The Bertz CT molecular complexity index is 728. The number of aryl methyl sites for hydroxylation is 1. The van der Waals surface area contributed by atoms with Gasteiger partial charge in [0, 0.05) is 17.9 Å². The summed E-state index contributed by atoms with van der Waals surface area (Å²) in [5, 5.41) is 17.8. The molecule has 1 N–H and O–H groups in total. The van der Waals surface area contributed by atoms with Crippen molar-refractivity contribution in [2.75, 3.05) is 0 Å². The summed E-state index contributed by atoms with van der Waals surface area (Å²) < 4.78 is 6.93. The first-order chi connectivity index (χ1) is 11.2. The summed E-state index contributed by atoms with van der Waals surface area (Å²) in [6, 6.07) is 0. The van der Waals surface area contributed by atoms with Gasteiger partial charge < -0.3 is 9.63 Å². The van der Waals surface area contributed by atoms with Crippen molar-refractivity contribution in [2.45, 2.75) is 63.8 Å². The van der Waals surface area contributed by atoms with Gasteiger partial charge >= 0.3 is 5.97 Å². The number of aromatic nitrogens is 4. The largest absolute Gasteiger partial charge is 0.480 e. The second-order valence-electron chi connectivity index (χ2n) is 6.47. The van der Waals surface area contributed by atoms with Crippen molar-refractivity contribution in [1.82, 2.24) is 19.9 Å². The monoisotopic (exact) mass is 316 g/mol. The van der Waals surface area contributed by atoms with Crippen LogP contribution in [0.2, 0.25) is 0 Å². The lowest BCUT2D eigenvalue weighted by Crippen LogP contribution is -2.12. The van der Waals surface area contributed by atoms with Gasteiger partial charge in [0.05, 0.1) is 0 Å². The molecular formula is C16H20N4O3. The third-order valence-electron chi connectivity index (χ3n) is 4.86. The molecule has 1 fully saturated rings. The number of carbonyl (C=O) groups is 1. The Labute approximate surface area is 133 Å². The third-order valence-corrected chi connectivity index (χ3v) is 4.86. The zero-order valence-electron chi connectivity index (χ0n) is 13.0. The average molecular weight is 316 g/mol. The Kier molecular flexibility index (Phi) is 3.63. The molecule has 0 radical (unpaired) electrons. The fraction of sp³-hybridized carbons (Fsp3) is 0.625. The standard InChI is InChI=1S/C16H20N4O3/c21-13(22)9-20-16(17-15(18-20)10-5-1-2-6-10)14-11-7-3-4-8-12(11)23-19-14/h10H,1-9H2,(H,21,22). The van der Waals surface area contributed by atoms with Crippen molar-refractivity contribution in [1.29, 1.82) is 0 Å². The smallest absolute Gasteiger partial charge is 0.325 e. The van der Waals surface area contributed by atoms with Crippen LogP contribution in [0.5, 0.6) is 0 Å². The van der Waals surface area contributed by atoms with Crippen LogP contribution in [0.25, 0.3) is 11.5 Å². The van der Waals surface area contributed by atoms with Gasteiger partial charge in [0.1, 0.15) is 12.3 Å². The van der Waals surface area contributed by atoms with Crippen LogP contribution in [0, 0.1) is 0 Å². The first kappa shape index (κ1) is 14.4. The van der Waals surface area contributed by atoms with Gasteiger partial charge in [-0.15, -0.1) is 0 Å². The maximum atomic E-state index is 11.2. The lowest BCUT2D eigenvalue weighted by Gasteiger charge is -2.08. The molecule has 122 valence electrons. The second kappa shape index (κ2) is 5.79. The Morgan fingerprint density at radius 2 is 2.00 bits per heavy atom. The molecular weight excluding hydrogens is 296 g/mol. The summed E-state index contributed by atoms with van der Waals surface area (Å²) in [4.78, 5) is 15.8. The molecule has 4 rings (SSSR count). The van der Waals surface area contributed by atoms with E-state index in [1.165, 1.54) is 17.5 Å². The van der Waals surface area contributed by atoms with E-state index >= 15 is 0 Å². The number of hydrogen-bond acceptors (Lipinski definition) is 5. The fourth-order valence-electron chi connectivity index (χ4n) is 3.69. The van der Waals surface area contributed by atoms with E-state index in [2.05, 4.69) is 15.2 Å². The van der Waals surface area contributed by atoms with Gasteiger partial charge in [-0.25, -0.2) is 9.67 Å². The van der Waals surface area contributed by atoms with Crippen molar-refractivity contribution < 1.29 is 14.4 Å². The zero-order chi connectivity index (χ0) is 15.8. The van der Waals surface area contributed by atoms with Crippen LogP contribution < -0.4 is 0 Å². The molecule has 2 heterocycles. The molecule has 2 aromatic rings. The molecule has 1 saturated carbocycles. The maximum Gasteiger partial charge on any atom is 0.325 e. The van der Waals surface area contributed by atoms with Crippen molar-refractivity contribution in [3.63, 3.8) is 0 Å². The van der Waals surface area contributed by atoms with E-state index in [4.69, 9.17) is 9.63 Å². The number of rotatable bonds is 4. The molecule has 0 unspecified atom stereocenters. The predicted octanol–water partition coefficient (Wildman–Crippen LogP) is 2.55. The minimum Gasteiger partial charge on any atom is -0.480 e. The van der Waals surface area contributed by atoms with Gasteiger partial charge in [0.2, 0.25) is 0 Å². The van der Waals surface area contributed by atoms with Crippen molar-refractivity contribution in [3.8, 4) is 11.5 Å². The Morgan fingerprint density at radius 3 is 2.78 bits per heavy atom. The number of carboxylic acids is 1. The lowest BCUT2D eigenvalue weighted by atomic mass is 9.96. The molecule has 2 aromatic heterocycles. The van der Waals surface area contributed by atoms with Crippen molar-refractivity contribution in [2.24, 2.45) is 0 Å². The number of nitrogens with zero attached hydrogens (tertiary/aromatic N) is 4. The summed E-state index contributed by atoms with van der Waals surface area (Å²) in [5.74, 6) is 1.63. The predicted molar refractivity (Wildman–Crippen MR) is 81.0 cm³/mol. The van der Waals surface area contributed by atoms with Gasteiger partial charge in [0.15, 0.2) is 17.3 Å². The Morgan fingerprint density at radius 1 is 1.22 bits per heavy atom. The highest BCUT2D eigenvalue weighted by Gasteiger charge is 2.28. The molecule has 0 atom stereocenters. The van der Waals surface area contributed by atoms with Crippen LogP contribution in [-0.2, 0) is 24.2 Å². The highest BCUT2D eigenvalue weighted by atomic mass is 16.5. The first-order valence-electron chi connectivity index (χ1n) is 8.36. The Balaban J connectivity index is 1.76. The molecule has 0 spiro atoms. The molecule has 0 bridgehead atoms. The average Bonchev–Trinajstić information content (AvgIpc) is 3.25. The van der Waals surface area contributed by atoms with Crippen LogP contribution in [0.4, 0.5) is 0 Å². The van der Waals surface area contributed by atoms with E-state index < -0.39 is 5.97 Å². The minimum absolute atomic E-state index is 0.198. The summed E-state index contributed by atoms with van der Waals surface area (Å²) in [5.41, 5.74) is 1.76. The molecule has 0 saturated heterocycles. The van der Waals surface area contributed by atoms with Crippen LogP contribution in [-0.4, -0.2) is 31.0 Å². The summed E-state index contributed by atoms with van der Waals surface area (Å²) in [6.45, 7) is -0.198. The lowest BCUT2D eigenvalue weighted by molar-refractivity contribution is -0.137. The SMILES string of the molecule is O=C(O)Cn1nc(C2CCCC2)nc1-c1noc2c1CCCC2. The van der Waals surface area contributed by atoms with Gasteiger partial charge in [0.25, 0.3) is 0 Å². The highest BCUT2D eigenvalue weighted by Crippen LogP contribution is 2.35. The van der Waals surface area contributed by atoms with E-state index in [1.54, 1.807) is 0 Å². The van der Waals surface area contributed by atoms with E-state index in [0.29, 0.717) is 17.4 Å².